The van der Waals surface area contributed by atoms with Gasteiger partial charge in [-0.2, -0.15) is 13.2 Å². The summed E-state index contributed by atoms with van der Waals surface area (Å²) in [6, 6.07) is 4.45. The molecule has 0 aliphatic carbocycles. The predicted molar refractivity (Wildman–Crippen MR) is 64.5 cm³/mol. The van der Waals surface area contributed by atoms with Crippen LogP contribution in [-0.2, 0) is 13.2 Å². The number of aryl methyl sites for hydroxylation is 1. The number of nitrogens with zero attached hydrogens (tertiary/aromatic N) is 3. The fraction of sp³-hybridized carbons (Fsp3) is 0.273. The third kappa shape index (κ3) is 1.94. The number of aromatic nitrogens is 3. The second-order valence-electron chi connectivity index (χ2n) is 4.10. The molecule has 1 aliphatic rings. The van der Waals surface area contributed by atoms with Crippen LogP contribution in [-0.4, -0.2) is 21.1 Å². The number of rotatable bonds is 1. The lowest BCUT2D eigenvalue weighted by molar-refractivity contribution is -0.146. The molecule has 1 aromatic carbocycles. The van der Waals surface area contributed by atoms with Crippen LogP contribution in [0.2, 0.25) is 0 Å². The molecular weight excluding hydrogens is 295 g/mol. The first-order valence-electron chi connectivity index (χ1n) is 5.51. The molecular formula is C11H8F3N3O2S. The van der Waals surface area contributed by atoms with Crippen LogP contribution in [0.5, 0.6) is 11.5 Å². The highest BCUT2D eigenvalue weighted by Gasteiger charge is 2.38. The predicted octanol–water partition coefficient (Wildman–Crippen LogP) is 2.69. The highest BCUT2D eigenvalue weighted by molar-refractivity contribution is 7.71. The second kappa shape index (κ2) is 4.23. The fourth-order valence-corrected chi connectivity index (χ4v) is 2.14. The minimum atomic E-state index is -4.61. The minimum Gasteiger partial charge on any atom is -0.454 e. The van der Waals surface area contributed by atoms with Crippen LogP contribution < -0.4 is 9.47 Å². The monoisotopic (exact) mass is 303 g/mol. The van der Waals surface area contributed by atoms with E-state index in [0.717, 1.165) is 9.25 Å². The molecule has 1 aromatic heterocycles. The van der Waals surface area contributed by atoms with E-state index >= 15 is 0 Å². The topological polar surface area (TPSA) is 41.2 Å². The largest absolute Gasteiger partial charge is 0.454 e. The maximum Gasteiger partial charge on any atom is 0.452 e. The van der Waals surface area contributed by atoms with Gasteiger partial charge in [0.25, 0.3) is 0 Å². The Balaban J connectivity index is 2.22. The summed E-state index contributed by atoms with van der Waals surface area (Å²) < 4.78 is 51.1. The Bertz CT molecular complexity index is 735. The Morgan fingerprint density at radius 3 is 2.65 bits per heavy atom. The van der Waals surface area contributed by atoms with Crippen molar-refractivity contribution in [1.82, 2.24) is 14.3 Å². The lowest BCUT2D eigenvalue weighted by Crippen LogP contribution is -2.14. The molecule has 106 valence electrons. The highest BCUT2D eigenvalue weighted by Crippen LogP contribution is 2.36. The molecule has 9 heteroatoms. The summed E-state index contributed by atoms with van der Waals surface area (Å²) >= 11 is 4.98. The summed E-state index contributed by atoms with van der Waals surface area (Å²) in [4.78, 5) is 0. The van der Waals surface area contributed by atoms with Gasteiger partial charge >= 0.3 is 6.18 Å². The molecule has 2 aromatic rings. The van der Waals surface area contributed by atoms with E-state index in [1.54, 1.807) is 0 Å². The van der Waals surface area contributed by atoms with E-state index in [1.807, 2.05) is 0 Å². The van der Waals surface area contributed by atoms with E-state index in [4.69, 9.17) is 21.7 Å². The highest BCUT2D eigenvalue weighted by atomic mass is 32.1. The van der Waals surface area contributed by atoms with Gasteiger partial charge in [-0.1, -0.05) is 0 Å². The van der Waals surface area contributed by atoms with E-state index in [0.29, 0.717) is 11.5 Å². The summed E-state index contributed by atoms with van der Waals surface area (Å²) in [7, 11) is 1.36. The number of ether oxygens (including phenoxy) is 2. The molecule has 0 saturated carbocycles. The lowest BCUT2D eigenvalue weighted by atomic mass is 10.2. The van der Waals surface area contributed by atoms with Gasteiger partial charge < -0.3 is 9.47 Å². The van der Waals surface area contributed by atoms with Gasteiger partial charge in [-0.05, 0) is 24.4 Å². The van der Waals surface area contributed by atoms with Crippen molar-refractivity contribution in [3.63, 3.8) is 0 Å². The van der Waals surface area contributed by atoms with Crippen LogP contribution in [0.25, 0.3) is 5.69 Å². The molecule has 0 unspecified atom stereocenters. The molecule has 0 radical (unpaired) electrons. The molecule has 0 spiro atoms. The van der Waals surface area contributed by atoms with Gasteiger partial charge in [-0.15, -0.1) is 5.10 Å². The van der Waals surface area contributed by atoms with E-state index in [-0.39, 0.29) is 17.3 Å². The zero-order chi connectivity index (χ0) is 14.5. The van der Waals surface area contributed by atoms with Crippen LogP contribution >= 0.6 is 12.2 Å². The Kier molecular flexibility index (Phi) is 2.75. The third-order valence-corrected chi connectivity index (χ3v) is 3.24. The molecule has 5 nitrogen and oxygen atoms in total. The Morgan fingerprint density at radius 2 is 1.95 bits per heavy atom. The van der Waals surface area contributed by atoms with E-state index in [1.165, 1.54) is 25.2 Å². The van der Waals surface area contributed by atoms with Crippen molar-refractivity contribution in [2.75, 3.05) is 6.79 Å². The first-order valence-corrected chi connectivity index (χ1v) is 5.92. The normalized spacial score (nSPS) is 13.8. The first-order chi connectivity index (χ1) is 9.38. The van der Waals surface area contributed by atoms with Gasteiger partial charge in [0, 0.05) is 13.1 Å². The molecule has 0 bridgehead atoms. The van der Waals surface area contributed by atoms with E-state index in [9.17, 15) is 13.2 Å². The van der Waals surface area contributed by atoms with Crippen molar-refractivity contribution < 1.29 is 22.6 Å². The van der Waals surface area contributed by atoms with Crippen molar-refractivity contribution in [3.05, 3.63) is 28.8 Å². The van der Waals surface area contributed by atoms with Gasteiger partial charge in [0.15, 0.2) is 11.5 Å². The van der Waals surface area contributed by atoms with Crippen LogP contribution in [0.1, 0.15) is 5.82 Å². The second-order valence-corrected chi connectivity index (χ2v) is 4.47. The first kappa shape index (κ1) is 13.0. The number of benzene rings is 1. The number of hydrogen-bond donors (Lipinski definition) is 0. The maximum absolute atomic E-state index is 13.0. The molecule has 0 amide bonds. The molecule has 1 aliphatic heterocycles. The van der Waals surface area contributed by atoms with Gasteiger partial charge in [0.1, 0.15) is 0 Å². The number of fused-ring (bicyclic) bond motifs is 1. The Morgan fingerprint density at radius 1 is 1.25 bits per heavy atom. The van der Waals surface area contributed by atoms with Crippen LogP contribution in [0.3, 0.4) is 0 Å². The lowest BCUT2D eigenvalue weighted by Gasteiger charge is -2.09. The third-order valence-electron chi connectivity index (χ3n) is 2.79. The van der Waals surface area contributed by atoms with Crippen molar-refractivity contribution in [2.24, 2.45) is 7.05 Å². The van der Waals surface area contributed by atoms with E-state index < -0.39 is 12.0 Å². The Labute approximate surface area is 116 Å². The molecule has 3 rings (SSSR count). The summed E-state index contributed by atoms with van der Waals surface area (Å²) in [5.74, 6) is -0.219. The zero-order valence-corrected chi connectivity index (χ0v) is 11.0. The van der Waals surface area contributed by atoms with Gasteiger partial charge in [-0.3, -0.25) is 4.57 Å². The molecule has 0 saturated heterocycles. The van der Waals surface area contributed by atoms with Crippen molar-refractivity contribution in [2.45, 2.75) is 6.18 Å². The molecule has 0 atom stereocenters. The van der Waals surface area contributed by atoms with E-state index in [2.05, 4.69) is 5.10 Å². The zero-order valence-electron chi connectivity index (χ0n) is 10.1. The van der Waals surface area contributed by atoms with Crippen molar-refractivity contribution in [3.8, 4) is 17.2 Å². The smallest absolute Gasteiger partial charge is 0.452 e. The maximum atomic E-state index is 13.0. The van der Waals surface area contributed by atoms with Crippen LogP contribution in [0.4, 0.5) is 13.2 Å². The van der Waals surface area contributed by atoms with Crippen molar-refractivity contribution >= 4 is 12.2 Å². The summed E-state index contributed by atoms with van der Waals surface area (Å²) in [6.07, 6.45) is -4.61. The minimum absolute atomic E-state index is 0.0450. The van der Waals surface area contributed by atoms with Gasteiger partial charge in [0.2, 0.25) is 17.4 Å². The van der Waals surface area contributed by atoms with Gasteiger partial charge in [-0.25, -0.2) is 4.68 Å². The number of alkyl halides is 3. The summed E-state index contributed by atoms with van der Waals surface area (Å²) in [5.41, 5.74) is 0.222. The van der Waals surface area contributed by atoms with Gasteiger partial charge in [0.05, 0.1) is 5.69 Å². The molecule has 20 heavy (non-hydrogen) atoms. The average Bonchev–Trinajstić information content (AvgIpc) is 2.94. The quantitative estimate of drug-likeness (QED) is 0.760. The average molecular weight is 303 g/mol. The molecule has 2 heterocycles. The summed E-state index contributed by atoms with van der Waals surface area (Å²) in [6.45, 7) is 0.0450. The molecule has 0 fully saturated rings. The SMILES string of the molecule is Cn1nc(C(F)(F)F)n(-c2ccc3c(c2)OCO3)c1=S. The number of halogens is 3. The fourth-order valence-electron chi connectivity index (χ4n) is 1.91. The molecule has 0 N–H and O–H groups in total. The van der Waals surface area contributed by atoms with Crippen molar-refractivity contribution in [1.29, 1.82) is 0 Å². The van der Waals surface area contributed by atoms with Crippen LogP contribution in [0.15, 0.2) is 18.2 Å². The standard InChI is InChI=1S/C11H8F3N3O2S/c1-16-10(20)17(9(15-16)11(12,13)14)6-2-3-7-8(4-6)19-5-18-7/h2-4H,5H2,1H3. The summed E-state index contributed by atoms with van der Waals surface area (Å²) in [5, 5.41) is 3.43. The number of hydrogen-bond acceptors (Lipinski definition) is 4. The Hall–Kier alpha value is -2.03. The van der Waals surface area contributed by atoms with Crippen LogP contribution in [0, 0.1) is 4.77 Å².